The summed E-state index contributed by atoms with van der Waals surface area (Å²) < 4.78 is 5.53. The monoisotopic (exact) mass is 458 g/mol. The molecule has 0 radical (unpaired) electrons. The molecule has 0 saturated heterocycles. The van der Waals surface area contributed by atoms with Crippen molar-refractivity contribution in [2.45, 2.75) is 20.3 Å². The Morgan fingerprint density at radius 3 is 2.41 bits per heavy atom. The van der Waals surface area contributed by atoms with Crippen LogP contribution >= 0.6 is 0 Å². The molecule has 0 aliphatic heterocycles. The summed E-state index contributed by atoms with van der Waals surface area (Å²) >= 11 is 0. The minimum atomic E-state index is -0.881. The van der Waals surface area contributed by atoms with Gasteiger partial charge in [0.25, 0.3) is 5.91 Å². The molecule has 0 aliphatic carbocycles. The van der Waals surface area contributed by atoms with Gasteiger partial charge in [0.1, 0.15) is 5.75 Å². The number of hydrogen-bond donors (Lipinski definition) is 3. The lowest BCUT2D eigenvalue weighted by Crippen LogP contribution is -2.32. The smallest absolute Gasteiger partial charge is 0.329 e. The number of rotatable bonds is 8. The third-order valence-corrected chi connectivity index (χ3v) is 4.78. The Kier molecular flexibility index (Phi) is 8.51. The van der Waals surface area contributed by atoms with Crippen molar-refractivity contribution in [3.8, 4) is 5.75 Å². The number of nitrogens with zero attached hydrogens (tertiary/aromatic N) is 1. The van der Waals surface area contributed by atoms with Crippen LogP contribution in [-0.2, 0) is 20.8 Å². The molecule has 8 heteroatoms. The number of ether oxygens (including phenoxy) is 1. The van der Waals surface area contributed by atoms with E-state index in [9.17, 15) is 14.4 Å². The van der Waals surface area contributed by atoms with Crippen LogP contribution in [0.15, 0.2) is 77.9 Å². The highest BCUT2D eigenvalue weighted by Crippen LogP contribution is 2.16. The molecule has 3 aromatic carbocycles. The number of hydrazone groups is 1. The highest BCUT2D eigenvalue weighted by atomic mass is 16.5. The van der Waals surface area contributed by atoms with E-state index in [1.807, 2.05) is 44.2 Å². The maximum absolute atomic E-state index is 12.2. The molecule has 0 heterocycles. The largest absolute Gasteiger partial charge is 0.484 e. The van der Waals surface area contributed by atoms with Crippen LogP contribution in [0.5, 0.6) is 5.75 Å². The summed E-state index contributed by atoms with van der Waals surface area (Å²) in [6.07, 6.45) is 2.22. The molecule has 34 heavy (non-hydrogen) atoms. The Balaban J connectivity index is 1.44. The molecule has 174 valence electrons. The molecule has 3 aromatic rings. The van der Waals surface area contributed by atoms with E-state index in [2.05, 4.69) is 21.2 Å². The van der Waals surface area contributed by atoms with Gasteiger partial charge in [0.2, 0.25) is 0 Å². The number of amides is 3. The van der Waals surface area contributed by atoms with Crippen molar-refractivity contribution in [1.29, 1.82) is 0 Å². The fourth-order valence-corrected chi connectivity index (χ4v) is 3.06. The van der Waals surface area contributed by atoms with E-state index >= 15 is 0 Å². The van der Waals surface area contributed by atoms with Gasteiger partial charge in [-0.25, -0.2) is 5.43 Å². The summed E-state index contributed by atoms with van der Waals surface area (Å²) in [4.78, 5) is 36.0. The van der Waals surface area contributed by atoms with Gasteiger partial charge in [0.15, 0.2) is 6.61 Å². The molecule has 0 aliphatic rings. The summed E-state index contributed by atoms with van der Waals surface area (Å²) in [5.74, 6) is -1.43. The van der Waals surface area contributed by atoms with Crippen molar-refractivity contribution in [2.24, 2.45) is 5.10 Å². The summed E-state index contributed by atoms with van der Waals surface area (Å²) in [6, 6.07) is 21.5. The molecule has 0 atom stereocenters. The van der Waals surface area contributed by atoms with Crippen molar-refractivity contribution in [1.82, 2.24) is 5.43 Å². The van der Waals surface area contributed by atoms with E-state index in [1.165, 1.54) is 6.21 Å². The number of aryl methyl sites for hydroxylation is 2. The van der Waals surface area contributed by atoms with Crippen molar-refractivity contribution in [3.05, 3.63) is 89.5 Å². The lowest BCUT2D eigenvalue weighted by atomic mass is 10.1. The van der Waals surface area contributed by atoms with Crippen molar-refractivity contribution >= 4 is 35.3 Å². The predicted molar refractivity (Wildman–Crippen MR) is 132 cm³/mol. The van der Waals surface area contributed by atoms with E-state index in [-0.39, 0.29) is 12.5 Å². The van der Waals surface area contributed by atoms with Gasteiger partial charge in [-0.2, -0.15) is 5.10 Å². The van der Waals surface area contributed by atoms with E-state index in [4.69, 9.17) is 4.74 Å². The SMILES string of the molecule is CCc1ccccc1NC(=O)COc1ccc(/C=N\NC(=O)C(=O)Nc2cccc(C)c2)cc1. The van der Waals surface area contributed by atoms with Crippen LogP contribution < -0.4 is 20.8 Å². The van der Waals surface area contributed by atoms with Gasteiger partial charge < -0.3 is 15.4 Å². The van der Waals surface area contributed by atoms with E-state index in [0.29, 0.717) is 17.0 Å². The molecule has 8 nitrogen and oxygen atoms in total. The van der Waals surface area contributed by atoms with Gasteiger partial charge in [-0.1, -0.05) is 37.3 Å². The number of carbonyl (C=O) groups is 3. The van der Waals surface area contributed by atoms with Crippen LogP contribution in [0, 0.1) is 6.92 Å². The quantitative estimate of drug-likeness (QED) is 0.272. The normalized spacial score (nSPS) is 10.5. The van der Waals surface area contributed by atoms with Crippen LogP contribution in [0.1, 0.15) is 23.6 Å². The first-order valence-electron chi connectivity index (χ1n) is 10.8. The van der Waals surface area contributed by atoms with Crippen LogP contribution in [0.2, 0.25) is 0 Å². The fraction of sp³-hybridized carbons (Fsp3) is 0.154. The molecule has 0 spiro atoms. The number of carbonyl (C=O) groups excluding carboxylic acids is 3. The molecular formula is C26H26N4O4. The highest BCUT2D eigenvalue weighted by Gasteiger charge is 2.12. The van der Waals surface area contributed by atoms with Gasteiger partial charge in [0, 0.05) is 11.4 Å². The van der Waals surface area contributed by atoms with Crippen LogP contribution in [0.4, 0.5) is 11.4 Å². The fourth-order valence-electron chi connectivity index (χ4n) is 3.06. The second-order valence-corrected chi connectivity index (χ2v) is 7.44. The first-order valence-corrected chi connectivity index (χ1v) is 10.8. The zero-order valence-electron chi connectivity index (χ0n) is 19.0. The Morgan fingerprint density at radius 1 is 0.912 bits per heavy atom. The van der Waals surface area contributed by atoms with Gasteiger partial charge in [-0.15, -0.1) is 0 Å². The molecule has 3 N–H and O–H groups in total. The number of benzene rings is 3. The minimum absolute atomic E-state index is 0.127. The van der Waals surface area contributed by atoms with Crippen LogP contribution in [-0.4, -0.2) is 30.5 Å². The topological polar surface area (TPSA) is 109 Å². The highest BCUT2D eigenvalue weighted by molar-refractivity contribution is 6.39. The third kappa shape index (κ3) is 7.30. The molecular weight excluding hydrogens is 432 g/mol. The average Bonchev–Trinajstić information content (AvgIpc) is 2.84. The Labute approximate surface area is 198 Å². The minimum Gasteiger partial charge on any atom is -0.484 e. The zero-order valence-corrected chi connectivity index (χ0v) is 19.0. The first kappa shape index (κ1) is 24.2. The van der Waals surface area contributed by atoms with E-state index in [0.717, 1.165) is 23.2 Å². The van der Waals surface area contributed by atoms with Crippen LogP contribution in [0.25, 0.3) is 0 Å². The Morgan fingerprint density at radius 2 is 1.68 bits per heavy atom. The van der Waals surface area contributed by atoms with Crippen molar-refractivity contribution in [2.75, 3.05) is 17.2 Å². The van der Waals surface area contributed by atoms with E-state index < -0.39 is 11.8 Å². The lowest BCUT2D eigenvalue weighted by molar-refractivity contribution is -0.136. The summed E-state index contributed by atoms with van der Waals surface area (Å²) in [7, 11) is 0. The van der Waals surface area contributed by atoms with Crippen LogP contribution in [0.3, 0.4) is 0 Å². The lowest BCUT2D eigenvalue weighted by Gasteiger charge is -2.10. The summed E-state index contributed by atoms with van der Waals surface area (Å²) in [6.45, 7) is 3.79. The molecule has 0 aromatic heterocycles. The summed E-state index contributed by atoms with van der Waals surface area (Å²) in [5.41, 5.74) is 6.19. The maximum Gasteiger partial charge on any atom is 0.329 e. The Bertz CT molecular complexity index is 1190. The summed E-state index contributed by atoms with van der Waals surface area (Å²) in [5, 5.41) is 9.16. The van der Waals surface area contributed by atoms with E-state index in [1.54, 1.807) is 42.5 Å². The van der Waals surface area contributed by atoms with Gasteiger partial charge in [-0.3, -0.25) is 14.4 Å². The molecule has 0 unspecified atom stereocenters. The number of anilines is 2. The predicted octanol–water partition coefficient (Wildman–Crippen LogP) is 3.66. The third-order valence-electron chi connectivity index (χ3n) is 4.78. The number of hydrogen-bond acceptors (Lipinski definition) is 5. The second kappa shape index (κ2) is 12.0. The Hall–Kier alpha value is -4.46. The van der Waals surface area contributed by atoms with Crippen molar-refractivity contribution < 1.29 is 19.1 Å². The number of nitrogens with one attached hydrogen (secondary N) is 3. The van der Waals surface area contributed by atoms with Gasteiger partial charge >= 0.3 is 11.8 Å². The number of para-hydroxylation sites is 1. The first-order chi connectivity index (χ1) is 16.4. The molecule has 0 bridgehead atoms. The maximum atomic E-state index is 12.2. The van der Waals surface area contributed by atoms with Crippen molar-refractivity contribution in [3.63, 3.8) is 0 Å². The molecule has 0 fully saturated rings. The molecule has 3 rings (SSSR count). The zero-order chi connectivity index (χ0) is 24.3. The van der Waals surface area contributed by atoms with Gasteiger partial charge in [-0.05, 0) is 72.5 Å². The molecule has 0 saturated carbocycles. The van der Waals surface area contributed by atoms with Gasteiger partial charge in [0.05, 0.1) is 6.21 Å². The standard InChI is InChI=1S/C26H26N4O4/c1-3-20-8-4-5-10-23(20)29-24(31)17-34-22-13-11-19(12-14-22)16-27-30-26(33)25(32)28-21-9-6-7-18(2)15-21/h4-16H,3,17H2,1-2H3,(H,28,32)(H,29,31)(H,30,33)/b27-16-. The average molecular weight is 459 g/mol. The second-order valence-electron chi connectivity index (χ2n) is 7.44. The molecule has 3 amide bonds.